The highest BCUT2D eigenvalue weighted by Crippen LogP contribution is 2.27. The second-order valence-electron chi connectivity index (χ2n) is 4.40. The monoisotopic (exact) mass is 298 g/mol. The fourth-order valence-corrected chi connectivity index (χ4v) is 1.89. The molecule has 0 fully saturated rings. The fraction of sp³-hybridized carbons (Fsp3) is 0.200. The summed E-state index contributed by atoms with van der Waals surface area (Å²) in [6.45, 7) is 1.61. The van der Waals surface area contributed by atoms with Crippen LogP contribution in [0, 0.1) is 11.6 Å². The van der Waals surface area contributed by atoms with Crippen molar-refractivity contribution in [2.24, 2.45) is 0 Å². The minimum Gasteiger partial charge on any atom is -0.488 e. The summed E-state index contributed by atoms with van der Waals surface area (Å²) in [6, 6.07) is 8.19. The van der Waals surface area contributed by atoms with Gasteiger partial charge in [0.2, 0.25) is 0 Å². The lowest BCUT2D eigenvalue weighted by molar-refractivity contribution is 0.190. The van der Waals surface area contributed by atoms with Crippen LogP contribution in [0.25, 0.3) is 0 Å². The first-order valence-corrected chi connectivity index (χ1v) is 6.39. The number of halogens is 3. The van der Waals surface area contributed by atoms with E-state index in [1.54, 1.807) is 13.0 Å². The normalized spacial score (nSPS) is 12.2. The van der Waals surface area contributed by atoms with Gasteiger partial charge >= 0.3 is 0 Å². The third kappa shape index (κ3) is 3.46. The van der Waals surface area contributed by atoms with E-state index < -0.39 is 17.7 Å². The van der Waals surface area contributed by atoms with Crippen LogP contribution in [0.1, 0.15) is 24.2 Å². The third-order valence-electron chi connectivity index (χ3n) is 2.80. The molecule has 0 saturated carbocycles. The molecule has 0 aliphatic carbocycles. The third-order valence-corrected chi connectivity index (χ3v) is 3.11. The van der Waals surface area contributed by atoms with E-state index in [9.17, 15) is 13.9 Å². The van der Waals surface area contributed by atoms with E-state index in [4.69, 9.17) is 16.3 Å². The lowest BCUT2D eigenvalue weighted by atomic mass is 10.1. The maximum absolute atomic E-state index is 13.3. The van der Waals surface area contributed by atoms with Gasteiger partial charge in [-0.3, -0.25) is 0 Å². The maximum atomic E-state index is 13.3. The van der Waals surface area contributed by atoms with Crippen LogP contribution in [-0.4, -0.2) is 5.11 Å². The van der Waals surface area contributed by atoms with E-state index in [0.29, 0.717) is 11.1 Å². The Morgan fingerprint density at radius 1 is 1.20 bits per heavy atom. The predicted molar refractivity (Wildman–Crippen MR) is 72.8 cm³/mol. The van der Waals surface area contributed by atoms with E-state index in [1.165, 1.54) is 30.3 Å². The molecule has 0 spiro atoms. The van der Waals surface area contributed by atoms with Gasteiger partial charge in [0.15, 0.2) is 0 Å². The molecule has 1 atom stereocenters. The molecule has 106 valence electrons. The van der Waals surface area contributed by atoms with Crippen LogP contribution >= 0.6 is 11.6 Å². The summed E-state index contributed by atoms with van der Waals surface area (Å²) in [6.07, 6.45) is -0.785. The first kappa shape index (κ1) is 14.8. The van der Waals surface area contributed by atoms with Crippen LogP contribution in [0.2, 0.25) is 5.02 Å². The number of hydrogen-bond donors (Lipinski definition) is 1. The number of ether oxygens (including phenoxy) is 1. The second-order valence-corrected chi connectivity index (χ2v) is 4.80. The van der Waals surface area contributed by atoms with Gasteiger partial charge in [0.05, 0.1) is 11.1 Å². The number of aliphatic hydroxyl groups is 1. The molecule has 0 aliphatic heterocycles. The van der Waals surface area contributed by atoms with Gasteiger partial charge in [-0.2, -0.15) is 0 Å². The Hall–Kier alpha value is -1.65. The van der Waals surface area contributed by atoms with Crippen LogP contribution in [0.15, 0.2) is 36.4 Å². The van der Waals surface area contributed by atoms with Crippen LogP contribution in [0.4, 0.5) is 8.78 Å². The lowest BCUT2D eigenvalue weighted by Gasteiger charge is -2.13. The van der Waals surface area contributed by atoms with E-state index >= 15 is 0 Å². The Balaban J connectivity index is 2.17. The molecule has 2 rings (SSSR count). The van der Waals surface area contributed by atoms with Crippen molar-refractivity contribution < 1.29 is 18.6 Å². The SMILES string of the molecule is CC(O)c1ccc(F)cc1OCc1ccc(Cl)c(F)c1. The van der Waals surface area contributed by atoms with Gasteiger partial charge in [-0.1, -0.05) is 17.7 Å². The summed E-state index contributed by atoms with van der Waals surface area (Å²) < 4.78 is 32.0. The van der Waals surface area contributed by atoms with Crippen LogP contribution in [0.5, 0.6) is 5.75 Å². The molecule has 0 radical (unpaired) electrons. The van der Waals surface area contributed by atoms with Crippen molar-refractivity contribution in [2.45, 2.75) is 19.6 Å². The number of aliphatic hydroxyl groups excluding tert-OH is 1. The van der Waals surface area contributed by atoms with Crippen LogP contribution in [0.3, 0.4) is 0 Å². The van der Waals surface area contributed by atoms with Gasteiger partial charge in [-0.05, 0) is 36.8 Å². The Morgan fingerprint density at radius 2 is 1.95 bits per heavy atom. The van der Waals surface area contributed by atoms with E-state index in [0.717, 1.165) is 0 Å². The second kappa shape index (κ2) is 6.20. The average Bonchev–Trinajstić information content (AvgIpc) is 2.40. The topological polar surface area (TPSA) is 29.5 Å². The van der Waals surface area contributed by atoms with E-state index in [-0.39, 0.29) is 17.4 Å². The van der Waals surface area contributed by atoms with Gasteiger partial charge in [0, 0.05) is 11.6 Å². The zero-order valence-electron chi connectivity index (χ0n) is 10.7. The molecule has 0 aromatic heterocycles. The molecular formula is C15H13ClF2O2. The molecule has 20 heavy (non-hydrogen) atoms. The number of hydrogen-bond acceptors (Lipinski definition) is 2. The first-order chi connectivity index (χ1) is 9.47. The molecule has 1 unspecified atom stereocenters. The summed E-state index contributed by atoms with van der Waals surface area (Å²) in [5.41, 5.74) is 1.04. The van der Waals surface area contributed by atoms with Crippen molar-refractivity contribution in [3.8, 4) is 5.75 Å². The molecule has 5 heteroatoms. The largest absolute Gasteiger partial charge is 0.488 e. The Labute approximate surface area is 120 Å². The quantitative estimate of drug-likeness (QED) is 0.914. The average molecular weight is 299 g/mol. The molecule has 0 aliphatic rings. The lowest BCUT2D eigenvalue weighted by Crippen LogP contribution is -2.02. The number of rotatable bonds is 4. The van der Waals surface area contributed by atoms with Gasteiger partial charge in [-0.15, -0.1) is 0 Å². The van der Waals surface area contributed by atoms with Gasteiger partial charge in [0.25, 0.3) is 0 Å². The van der Waals surface area contributed by atoms with Crippen molar-refractivity contribution in [2.75, 3.05) is 0 Å². The van der Waals surface area contributed by atoms with Crippen molar-refractivity contribution in [1.82, 2.24) is 0 Å². The van der Waals surface area contributed by atoms with Gasteiger partial charge < -0.3 is 9.84 Å². The Morgan fingerprint density at radius 3 is 2.60 bits per heavy atom. The smallest absolute Gasteiger partial charge is 0.142 e. The summed E-state index contributed by atoms with van der Waals surface area (Å²) in [5.74, 6) is -0.773. The summed E-state index contributed by atoms with van der Waals surface area (Å²) in [7, 11) is 0. The predicted octanol–water partition coefficient (Wildman–Crippen LogP) is 4.25. The molecular weight excluding hydrogens is 286 g/mol. The van der Waals surface area contributed by atoms with Gasteiger partial charge in [0.1, 0.15) is 24.0 Å². The fourth-order valence-electron chi connectivity index (χ4n) is 1.77. The van der Waals surface area contributed by atoms with E-state index in [1.807, 2.05) is 0 Å². The minimum atomic E-state index is -0.785. The highest BCUT2D eigenvalue weighted by Gasteiger charge is 2.11. The summed E-state index contributed by atoms with van der Waals surface area (Å²) >= 11 is 5.59. The maximum Gasteiger partial charge on any atom is 0.142 e. The zero-order valence-corrected chi connectivity index (χ0v) is 11.5. The first-order valence-electron chi connectivity index (χ1n) is 6.01. The van der Waals surface area contributed by atoms with Crippen molar-refractivity contribution in [3.63, 3.8) is 0 Å². The highest BCUT2D eigenvalue weighted by molar-refractivity contribution is 6.30. The molecule has 0 saturated heterocycles. The molecule has 0 heterocycles. The van der Waals surface area contributed by atoms with E-state index in [2.05, 4.69) is 0 Å². The summed E-state index contributed by atoms with van der Waals surface area (Å²) in [4.78, 5) is 0. The molecule has 2 aromatic rings. The minimum absolute atomic E-state index is 0.0316. The Kier molecular flexibility index (Phi) is 4.57. The molecule has 0 amide bonds. The van der Waals surface area contributed by atoms with Gasteiger partial charge in [-0.25, -0.2) is 8.78 Å². The molecule has 1 N–H and O–H groups in total. The van der Waals surface area contributed by atoms with Crippen molar-refractivity contribution in [1.29, 1.82) is 0 Å². The van der Waals surface area contributed by atoms with Crippen LogP contribution < -0.4 is 4.74 Å². The van der Waals surface area contributed by atoms with Crippen molar-refractivity contribution >= 4 is 11.6 Å². The zero-order chi connectivity index (χ0) is 14.7. The standard InChI is InChI=1S/C15H13ClF2O2/c1-9(19)12-4-3-11(17)7-15(12)20-8-10-2-5-13(16)14(18)6-10/h2-7,9,19H,8H2,1H3. The van der Waals surface area contributed by atoms with Crippen molar-refractivity contribution in [3.05, 3.63) is 64.2 Å². The van der Waals surface area contributed by atoms with Crippen LogP contribution in [-0.2, 0) is 6.61 Å². The molecule has 2 aromatic carbocycles. The number of benzene rings is 2. The summed E-state index contributed by atoms with van der Waals surface area (Å²) in [5, 5.41) is 9.62. The molecule has 2 nitrogen and oxygen atoms in total. The molecule has 0 bridgehead atoms. The Bertz CT molecular complexity index is 615. The highest BCUT2D eigenvalue weighted by atomic mass is 35.5.